The summed E-state index contributed by atoms with van der Waals surface area (Å²) in [6, 6.07) is 2.52. The zero-order valence-electron chi connectivity index (χ0n) is 13.3. The van der Waals surface area contributed by atoms with Crippen LogP contribution in [0.15, 0.2) is 22.9 Å². The molecule has 2 heterocycles. The maximum atomic E-state index is 4.67. The van der Waals surface area contributed by atoms with Crippen molar-refractivity contribution in [2.75, 3.05) is 6.54 Å². The van der Waals surface area contributed by atoms with Crippen LogP contribution in [0.4, 0.5) is 0 Å². The van der Waals surface area contributed by atoms with Gasteiger partial charge in [-0.1, -0.05) is 13.0 Å². The number of nitrogens with zero attached hydrogens (tertiary/aromatic N) is 3. The Morgan fingerprint density at radius 3 is 2.57 bits per heavy atom. The van der Waals surface area contributed by atoms with Crippen molar-refractivity contribution in [3.63, 3.8) is 0 Å². The number of halogens is 1. The summed E-state index contributed by atoms with van der Waals surface area (Å²) in [7, 11) is 0. The molecule has 114 valence electrons. The summed E-state index contributed by atoms with van der Waals surface area (Å²) >= 11 is 3.64. The van der Waals surface area contributed by atoms with Gasteiger partial charge in [-0.25, -0.2) is 0 Å². The molecule has 0 saturated heterocycles. The first kappa shape index (κ1) is 16.2. The van der Waals surface area contributed by atoms with Gasteiger partial charge in [0.15, 0.2) is 0 Å². The molecule has 0 saturated carbocycles. The molecule has 4 nitrogen and oxygen atoms in total. The first-order valence-corrected chi connectivity index (χ1v) is 8.14. The van der Waals surface area contributed by atoms with Crippen LogP contribution in [0.3, 0.4) is 0 Å². The lowest BCUT2D eigenvalue weighted by atomic mass is 10.0. The molecule has 0 amide bonds. The molecule has 1 N–H and O–H groups in total. The van der Waals surface area contributed by atoms with Crippen molar-refractivity contribution in [1.29, 1.82) is 0 Å². The Bertz CT molecular complexity index is 619. The van der Waals surface area contributed by atoms with E-state index in [1.54, 1.807) is 0 Å². The van der Waals surface area contributed by atoms with E-state index in [4.69, 9.17) is 0 Å². The number of hydrogen-bond donors (Lipinski definition) is 1. The highest BCUT2D eigenvalue weighted by Crippen LogP contribution is 2.31. The number of rotatable bonds is 5. The standard InChI is InChI=1S/C16H23BrN4/c1-6-18-15(14-12(5)7-11(4)8-19-14)16-13(17)9-20-21(16)10(2)3/h7-10,15,18H,6H2,1-5H3. The average molecular weight is 351 g/mol. The summed E-state index contributed by atoms with van der Waals surface area (Å²) in [6.07, 6.45) is 3.79. The van der Waals surface area contributed by atoms with Gasteiger partial charge in [-0.05, 0) is 61.3 Å². The van der Waals surface area contributed by atoms with Gasteiger partial charge in [0.2, 0.25) is 0 Å². The Kier molecular flexibility index (Phi) is 5.17. The maximum absolute atomic E-state index is 4.67. The number of aromatic nitrogens is 3. The normalized spacial score (nSPS) is 12.9. The van der Waals surface area contributed by atoms with Gasteiger partial charge in [0, 0.05) is 12.2 Å². The quantitative estimate of drug-likeness (QED) is 0.887. The molecule has 2 rings (SSSR count). The molecule has 0 aliphatic carbocycles. The van der Waals surface area contributed by atoms with E-state index in [-0.39, 0.29) is 6.04 Å². The molecule has 5 heteroatoms. The maximum Gasteiger partial charge on any atom is 0.0936 e. The van der Waals surface area contributed by atoms with Crippen molar-refractivity contribution in [3.8, 4) is 0 Å². The SMILES string of the molecule is CCNC(c1ncc(C)cc1C)c1c(Br)cnn1C(C)C. The van der Waals surface area contributed by atoms with Crippen LogP contribution in [0.1, 0.15) is 55.4 Å². The molecule has 0 radical (unpaired) electrons. The molecule has 21 heavy (non-hydrogen) atoms. The van der Waals surface area contributed by atoms with Crippen LogP contribution in [0.2, 0.25) is 0 Å². The van der Waals surface area contributed by atoms with Crippen molar-refractivity contribution in [3.05, 3.63) is 45.4 Å². The van der Waals surface area contributed by atoms with Crippen molar-refractivity contribution >= 4 is 15.9 Å². The fourth-order valence-electron chi connectivity index (χ4n) is 2.59. The first-order chi connectivity index (χ1) is 9.95. The van der Waals surface area contributed by atoms with Gasteiger partial charge in [-0.3, -0.25) is 9.67 Å². The molecule has 0 aliphatic heterocycles. The van der Waals surface area contributed by atoms with E-state index >= 15 is 0 Å². The molecule has 0 bridgehead atoms. The molecule has 2 aromatic heterocycles. The van der Waals surface area contributed by atoms with Crippen LogP contribution in [0.5, 0.6) is 0 Å². The van der Waals surface area contributed by atoms with Crippen molar-refractivity contribution in [2.45, 2.75) is 46.7 Å². The summed E-state index contributed by atoms with van der Waals surface area (Å²) in [4.78, 5) is 4.67. The van der Waals surface area contributed by atoms with E-state index in [1.807, 2.05) is 12.4 Å². The smallest absolute Gasteiger partial charge is 0.0936 e. The van der Waals surface area contributed by atoms with E-state index in [0.29, 0.717) is 6.04 Å². The molecule has 0 aromatic carbocycles. The predicted octanol–water partition coefficient (Wildman–Crippen LogP) is 3.94. The van der Waals surface area contributed by atoms with Crippen LogP contribution < -0.4 is 5.32 Å². The second-order valence-corrected chi connectivity index (χ2v) is 6.48. The molecule has 1 unspecified atom stereocenters. The molecular weight excluding hydrogens is 328 g/mol. The lowest BCUT2D eigenvalue weighted by Gasteiger charge is -2.23. The number of aryl methyl sites for hydroxylation is 2. The van der Waals surface area contributed by atoms with Crippen LogP contribution in [-0.2, 0) is 0 Å². The lowest BCUT2D eigenvalue weighted by molar-refractivity contribution is 0.471. The Hall–Kier alpha value is -1.20. The summed E-state index contributed by atoms with van der Waals surface area (Å²) in [5.41, 5.74) is 4.57. The number of nitrogens with one attached hydrogen (secondary N) is 1. The third-order valence-electron chi connectivity index (χ3n) is 3.49. The summed E-state index contributed by atoms with van der Waals surface area (Å²) in [6.45, 7) is 11.4. The van der Waals surface area contributed by atoms with Crippen molar-refractivity contribution in [2.24, 2.45) is 0 Å². The molecule has 2 aromatic rings. The largest absolute Gasteiger partial charge is 0.304 e. The molecule has 1 atom stereocenters. The number of hydrogen-bond acceptors (Lipinski definition) is 3. The topological polar surface area (TPSA) is 42.7 Å². The summed E-state index contributed by atoms with van der Waals surface area (Å²) in [5.74, 6) is 0. The highest BCUT2D eigenvalue weighted by atomic mass is 79.9. The van der Waals surface area contributed by atoms with Gasteiger partial charge >= 0.3 is 0 Å². The van der Waals surface area contributed by atoms with Crippen LogP contribution in [0.25, 0.3) is 0 Å². The number of pyridine rings is 1. The Balaban J connectivity index is 2.56. The van der Waals surface area contributed by atoms with E-state index < -0.39 is 0 Å². The van der Waals surface area contributed by atoms with Crippen molar-refractivity contribution in [1.82, 2.24) is 20.1 Å². The first-order valence-electron chi connectivity index (χ1n) is 7.35. The van der Waals surface area contributed by atoms with Gasteiger partial charge in [0.05, 0.1) is 28.1 Å². The molecule has 0 spiro atoms. The van der Waals surface area contributed by atoms with Gasteiger partial charge in [0.25, 0.3) is 0 Å². The highest BCUT2D eigenvalue weighted by molar-refractivity contribution is 9.10. The zero-order chi connectivity index (χ0) is 15.6. The second-order valence-electron chi connectivity index (χ2n) is 5.62. The van der Waals surface area contributed by atoms with Crippen LogP contribution in [0, 0.1) is 13.8 Å². The fourth-order valence-corrected chi connectivity index (χ4v) is 3.09. The molecule has 0 fully saturated rings. The van der Waals surface area contributed by atoms with Gasteiger partial charge in [-0.2, -0.15) is 5.10 Å². The van der Waals surface area contributed by atoms with Crippen molar-refractivity contribution < 1.29 is 0 Å². The van der Waals surface area contributed by atoms with E-state index in [0.717, 1.165) is 22.4 Å². The van der Waals surface area contributed by atoms with Gasteiger partial charge in [0.1, 0.15) is 0 Å². The molecule has 0 aliphatic rings. The fraction of sp³-hybridized carbons (Fsp3) is 0.500. The predicted molar refractivity (Wildman–Crippen MR) is 89.5 cm³/mol. The van der Waals surface area contributed by atoms with E-state index in [2.05, 4.69) is 76.7 Å². The monoisotopic (exact) mass is 350 g/mol. The molecular formula is C16H23BrN4. The minimum atomic E-state index is 0.0369. The average Bonchev–Trinajstić information content (AvgIpc) is 2.79. The Labute approximate surface area is 135 Å². The lowest BCUT2D eigenvalue weighted by Crippen LogP contribution is -2.27. The minimum absolute atomic E-state index is 0.0369. The second kappa shape index (κ2) is 6.71. The van der Waals surface area contributed by atoms with E-state index in [9.17, 15) is 0 Å². The van der Waals surface area contributed by atoms with Crippen LogP contribution in [-0.4, -0.2) is 21.3 Å². The Morgan fingerprint density at radius 1 is 1.29 bits per heavy atom. The summed E-state index contributed by atoms with van der Waals surface area (Å²) < 4.78 is 3.07. The van der Waals surface area contributed by atoms with Gasteiger partial charge in [-0.15, -0.1) is 0 Å². The van der Waals surface area contributed by atoms with E-state index in [1.165, 1.54) is 11.1 Å². The third kappa shape index (κ3) is 3.35. The third-order valence-corrected chi connectivity index (χ3v) is 4.10. The summed E-state index contributed by atoms with van der Waals surface area (Å²) in [5, 5.41) is 8.04. The Morgan fingerprint density at radius 2 is 2.00 bits per heavy atom. The minimum Gasteiger partial charge on any atom is -0.304 e. The van der Waals surface area contributed by atoms with Gasteiger partial charge < -0.3 is 5.32 Å². The zero-order valence-corrected chi connectivity index (χ0v) is 14.9. The highest BCUT2D eigenvalue weighted by Gasteiger charge is 2.24. The van der Waals surface area contributed by atoms with Crippen LogP contribution >= 0.6 is 15.9 Å².